The number of aliphatic hydroxyl groups excluding tert-OH is 1. The lowest BCUT2D eigenvalue weighted by Crippen LogP contribution is -2.48. The third-order valence-electron chi connectivity index (χ3n) is 5.63. The Hall–Kier alpha value is -1.78. The SMILES string of the molecule is Cl.O=C(CCN1CCN(CCO)CC1)N1c2ccccc2Sc2ccc(C(F)(F)F)cc21. The van der Waals surface area contributed by atoms with Crippen LogP contribution in [0.4, 0.5) is 24.5 Å². The van der Waals surface area contributed by atoms with E-state index in [1.807, 2.05) is 12.1 Å². The summed E-state index contributed by atoms with van der Waals surface area (Å²) < 4.78 is 40.0. The number of hydrogen-bond acceptors (Lipinski definition) is 5. The van der Waals surface area contributed by atoms with Crippen LogP contribution < -0.4 is 4.90 Å². The van der Waals surface area contributed by atoms with Crippen molar-refractivity contribution in [2.45, 2.75) is 22.4 Å². The van der Waals surface area contributed by atoms with Crippen molar-refractivity contribution in [1.82, 2.24) is 9.80 Å². The van der Waals surface area contributed by atoms with Crippen molar-refractivity contribution in [2.75, 3.05) is 50.8 Å². The minimum atomic E-state index is -4.47. The fourth-order valence-corrected chi connectivity index (χ4v) is 4.98. The van der Waals surface area contributed by atoms with Gasteiger partial charge in [-0.05, 0) is 30.3 Å². The van der Waals surface area contributed by atoms with E-state index in [2.05, 4.69) is 9.80 Å². The summed E-state index contributed by atoms with van der Waals surface area (Å²) in [5, 5.41) is 9.06. The third kappa shape index (κ3) is 5.40. The summed E-state index contributed by atoms with van der Waals surface area (Å²) in [7, 11) is 0. The fourth-order valence-electron chi connectivity index (χ4n) is 3.94. The van der Waals surface area contributed by atoms with Crippen LogP contribution >= 0.6 is 24.2 Å². The Balaban J connectivity index is 0.00000289. The molecule has 4 rings (SSSR count). The van der Waals surface area contributed by atoms with Gasteiger partial charge < -0.3 is 10.0 Å². The zero-order valence-electron chi connectivity index (χ0n) is 17.3. The van der Waals surface area contributed by atoms with E-state index < -0.39 is 11.7 Å². The molecule has 2 heterocycles. The van der Waals surface area contributed by atoms with Crippen molar-refractivity contribution in [1.29, 1.82) is 0 Å². The van der Waals surface area contributed by atoms with E-state index in [0.29, 0.717) is 23.7 Å². The molecule has 174 valence electrons. The average Bonchev–Trinajstić information content (AvgIpc) is 2.76. The van der Waals surface area contributed by atoms with Crippen molar-refractivity contribution < 1.29 is 23.1 Å². The Labute approximate surface area is 195 Å². The molecule has 0 bridgehead atoms. The number of amides is 1. The molecule has 0 spiro atoms. The van der Waals surface area contributed by atoms with Gasteiger partial charge in [-0.3, -0.25) is 14.6 Å². The largest absolute Gasteiger partial charge is 0.416 e. The summed E-state index contributed by atoms with van der Waals surface area (Å²) in [4.78, 5) is 20.5. The van der Waals surface area contributed by atoms with E-state index in [0.717, 1.165) is 43.2 Å². The number of hydrogen-bond donors (Lipinski definition) is 1. The first-order chi connectivity index (χ1) is 14.9. The topological polar surface area (TPSA) is 47.0 Å². The van der Waals surface area contributed by atoms with Gasteiger partial charge in [-0.2, -0.15) is 13.2 Å². The third-order valence-corrected chi connectivity index (χ3v) is 6.76. The second-order valence-corrected chi connectivity index (χ2v) is 8.72. The van der Waals surface area contributed by atoms with Gasteiger partial charge in [-0.1, -0.05) is 23.9 Å². The Morgan fingerprint density at radius 3 is 2.22 bits per heavy atom. The molecule has 0 saturated carbocycles. The van der Waals surface area contributed by atoms with Gasteiger partial charge in [-0.15, -0.1) is 12.4 Å². The smallest absolute Gasteiger partial charge is 0.395 e. The number of anilines is 2. The molecule has 2 aliphatic rings. The Morgan fingerprint density at radius 1 is 0.938 bits per heavy atom. The highest BCUT2D eigenvalue weighted by molar-refractivity contribution is 7.99. The number of alkyl halides is 3. The second kappa shape index (κ2) is 10.4. The quantitative estimate of drug-likeness (QED) is 0.683. The number of aliphatic hydroxyl groups is 1. The number of benzene rings is 2. The molecule has 0 unspecified atom stereocenters. The zero-order chi connectivity index (χ0) is 22.0. The van der Waals surface area contributed by atoms with Gasteiger partial charge in [0.25, 0.3) is 0 Å². The van der Waals surface area contributed by atoms with Gasteiger partial charge in [0, 0.05) is 55.5 Å². The highest BCUT2D eigenvalue weighted by Crippen LogP contribution is 2.49. The summed E-state index contributed by atoms with van der Waals surface area (Å²) in [6.07, 6.45) is -4.26. The van der Waals surface area contributed by atoms with Crippen molar-refractivity contribution in [2.24, 2.45) is 0 Å². The first kappa shape index (κ1) is 24.9. The first-order valence-corrected chi connectivity index (χ1v) is 11.0. The van der Waals surface area contributed by atoms with Crippen LogP contribution in [0.5, 0.6) is 0 Å². The number of para-hydroxylation sites is 1. The lowest BCUT2D eigenvalue weighted by molar-refractivity contribution is -0.137. The van der Waals surface area contributed by atoms with Crippen LogP contribution in [0.3, 0.4) is 0 Å². The number of carbonyl (C=O) groups excluding carboxylic acids is 1. The van der Waals surface area contributed by atoms with Crippen LogP contribution in [0.2, 0.25) is 0 Å². The average molecular weight is 488 g/mol. The molecule has 2 aliphatic heterocycles. The molecule has 0 radical (unpaired) electrons. The predicted molar refractivity (Wildman–Crippen MR) is 121 cm³/mol. The van der Waals surface area contributed by atoms with Gasteiger partial charge in [0.15, 0.2) is 0 Å². The molecular formula is C22H25ClF3N3O2S. The van der Waals surface area contributed by atoms with Gasteiger partial charge in [0.05, 0.1) is 23.5 Å². The molecule has 32 heavy (non-hydrogen) atoms. The normalized spacial score (nSPS) is 16.8. The summed E-state index contributed by atoms with van der Waals surface area (Å²) in [6, 6.07) is 10.9. The molecule has 2 aromatic carbocycles. The van der Waals surface area contributed by atoms with E-state index in [4.69, 9.17) is 5.11 Å². The van der Waals surface area contributed by atoms with Crippen LogP contribution in [-0.2, 0) is 11.0 Å². The summed E-state index contributed by atoms with van der Waals surface area (Å²) in [5.74, 6) is -0.217. The van der Waals surface area contributed by atoms with Crippen molar-refractivity contribution >= 4 is 41.5 Å². The maximum Gasteiger partial charge on any atom is 0.416 e. The van der Waals surface area contributed by atoms with Crippen LogP contribution in [0.25, 0.3) is 0 Å². The number of β-amino-alcohol motifs (C(OH)–C–C–N with tert-alkyl or cyclic N) is 1. The highest BCUT2D eigenvalue weighted by Gasteiger charge is 2.35. The van der Waals surface area contributed by atoms with Gasteiger partial charge >= 0.3 is 6.18 Å². The van der Waals surface area contributed by atoms with Gasteiger partial charge in [0.2, 0.25) is 5.91 Å². The molecule has 0 atom stereocenters. The molecule has 1 N–H and O–H groups in total. The minimum absolute atomic E-state index is 0. The molecule has 1 saturated heterocycles. The van der Waals surface area contributed by atoms with Gasteiger partial charge in [0.1, 0.15) is 0 Å². The Kier molecular flexibility index (Phi) is 8.11. The molecule has 5 nitrogen and oxygen atoms in total. The Bertz CT molecular complexity index is 952. The summed E-state index contributed by atoms with van der Waals surface area (Å²) in [6.45, 7) is 4.58. The lowest BCUT2D eigenvalue weighted by atomic mass is 10.1. The molecule has 0 aliphatic carbocycles. The van der Waals surface area contributed by atoms with Crippen molar-refractivity contribution in [3.8, 4) is 0 Å². The molecule has 1 amide bonds. The monoisotopic (exact) mass is 487 g/mol. The zero-order valence-corrected chi connectivity index (χ0v) is 19.0. The predicted octanol–water partition coefficient (Wildman–Crippen LogP) is 4.26. The Morgan fingerprint density at radius 2 is 1.56 bits per heavy atom. The maximum atomic E-state index is 13.3. The second-order valence-electron chi connectivity index (χ2n) is 7.64. The number of nitrogens with zero attached hydrogens (tertiary/aromatic N) is 3. The maximum absolute atomic E-state index is 13.3. The number of rotatable bonds is 5. The molecule has 0 aromatic heterocycles. The van der Waals surface area contributed by atoms with Crippen LogP contribution in [0, 0.1) is 0 Å². The number of carbonyl (C=O) groups is 1. The lowest BCUT2D eigenvalue weighted by Gasteiger charge is -2.35. The van der Waals surface area contributed by atoms with E-state index >= 15 is 0 Å². The fraction of sp³-hybridized carbons (Fsp3) is 0.409. The molecule has 10 heteroatoms. The summed E-state index contributed by atoms with van der Waals surface area (Å²) in [5.41, 5.74) is 0.150. The van der Waals surface area contributed by atoms with Crippen LogP contribution in [-0.4, -0.2) is 66.7 Å². The minimum Gasteiger partial charge on any atom is -0.395 e. The molecule has 2 aromatic rings. The van der Waals surface area contributed by atoms with Gasteiger partial charge in [-0.25, -0.2) is 0 Å². The molecule has 1 fully saturated rings. The van der Waals surface area contributed by atoms with Crippen molar-refractivity contribution in [3.05, 3.63) is 48.0 Å². The number of piperazine rings is 1. The summed E-state index contributed by atoms with van der Waals surface area (Å²) >= 11 is 1.38. The van der Waals surface area contributed by atoms with E-state index in [-0.39, 0.29) is 37.0 Å². The number of fused-ring (bicyclic) bond motifs is 2. The van der Waals surface area contributed by atoms with E-state index in [1.165, 1.54) is 22.7 Å². The first-order valence-electron chi connectivity index (χ1n) is 10.2. The number of halogens is 4. The van der Waals surface area contributed by atoms with Crippen molar-refractivity contribution in [3.63, 3.8) is 0 Å². The highest BCUT2D eigenvalue weighted by atomic mass is 35.5. The van der Waals surface area contributed by atoms with E-state index in [1.54, 1.807) is 12.1 Å². The van der Waals surface area contributed by atoms with E-state index in [9.17, 15) is 18.0 Å². The van der Waals surface area contributed by atoms with Crippen LogP contribution in [0.15, 0.2) is 52.3 Å². The standard InChI is InChI=1S/C22H24F3N3O2S.ClH/c23-22(24,25)16-5-6-20-18(15-16)28(17-3-1-2-4-19(17)31-20)21(30)7-8-26-9-11-27(12-10-26)13-14-29;/h1-6,15,29H,7-14H2;1H. The van der Waals surface area contributed by atoms with Crippen LogP contribution in [0.1, 0.15) is 12.0 Å². The molecular weight excluding hydrogens is 463 g/mol.